The zero-order valence-corrected chi connectivity index (χ0v) is 9.88. The molecule has 1 aromatic heterocycles. The quantitative estimate of drug-likeness (QED) is 0.850. The Morgan fingerprint density at radius 3 is 2.82 bits per heavy atom. The molecule has 6 nitrogen and oxygen atoms in total. The molecule has 0 radical (unpaired) electrons. The van der Waals surface area contributed by atoms with E-state index in [-0.39, 0.29) is 5.92 Å². The van der Waals surface area contributed by atoms with Gasteiger partial charge in [-0.25, -0.2) is 4.79 Å². The van der Waals surface area contributed by atoms with Crippen LogP contribution in [0.3, 0.4) is 0 Å². The summed E-state index contributed by atoms with van der Waals surface area (Å²) in [6.45, 7) is 4.84. The zero-order valence-electron chi connectivity index (χ0n) is 9.88. The van der Waals surface area contributed by atoms with E-state index >= 15 is 0 Å². The average Bonchev–Trinajstić information content (AvgIpc) is 2.78. The lowest BCUT2D eigenvalue weighted by molar-refractivity contribution is 0.150. The summed E-state index contributed by atoms with van der Waals surface area (Å²) >= 11 is 0. The summed E-state index contributed by atoms with van der Waals surface area (Å²) in [6, 6.07) is 0. The Hall–Kier alpha value is -1.85. The van der Waals surface area contributed by atoms with Crippen molar-refractivity contribution < 1.29 is 14.4 Å². The van der Waals surface area contributed by atoms with Crippen molar-refractivity contribution >= 4 is 11.7 Å². The molecule has 0 spiro atoms. The van der Waals surface area contributed by atoms with Gasteiger partial charge in [0, 0.05) is 24.6 Å². The van der Waals surface area contributed by atoms with Crippen molar-refractivity contribution in [3.05, 3.63) is 17.8 Å². The minimum absolute atomic E-state index is 0.229. The van der Waals surface area contributed by atoms with E-state index in [1.165, 1.54) is 4.90 Å². The molecule has 17 heavy (non-hydrogen) atoms. The van der Waals surface area contributed by atoms with E-state index in [0.717, 1.165) is 5.57 Å². The maximum Gasteiger partial charge on any atom is 0.407 e. The van der Waals surface area contributed by atoms with Gasteiger partial charge >= 0.3 is 6.09 Å². The Morgan fingerprint density at radius 1 is 1.59 bits per heavy atom. The highest BCUT2D eigenvalue weighted by Crippen LogP contribution is 2.22. The molecule has 92 valence electrons. The lowest BCUT2D eigenvalue weighted by atomic mass is 10.1. The standard InChI is InChI=1S/C11H15N3O3/c1-7(2)9-12-10(17-13-9)8-3-5-14(6-4-8)11(15)16/h3,7H,4-6H2,1-2H3,(H,15,16). The van der Waals surface area contributed by atoms with Crippen LogP contribution in [0.2, 0.25) is 0 Å². The maximum atomic E-state index is 10.7. The van der Waals surface area contributed by atoms with E-state index in [2.05, 4.69) is 10.1 Å². The molecule has 0 atom stereocenters. The predicted octanol–water partition coefficient (Wildman–Crippen LogP) is 1.96. The smallest absolute Gasteiger partial charge is 0.407 e. The molecule has 1 amide bonds. The van der Waals surface area contributed by atoms with Gasteiger partial charge in [-0.15, -0.1) is 0 Å². The maximum absolute atomic E-state index is 10.7. The summed E-state index contributed by atoms with van der Waals surface area (Å²) in [5.74, 6) is 1.42. The van der Waals surface area contributed by atoms with Crippen molar-refractivity contribution in [2.24, 2.45) is 0 Å². The summed E-state index contributed by atoms with van der Waals surface area (Å²) in [4.78, 5) is 16.4. The van der Waals surface area contributed by atoms with Crippen LogP contribution in [0, 0.1) is 0 Å². The van der Waals surface area contributed by atoms with Gasteiger partial charge in [-0.2, -0.15) is 4.98 Å². The molecule has 1 aromatic rings. The second-order valence-corrected chi connectivity index (χ2v) is 4.32. The molecule has 1 N–H and O–H groups in total. The fourth-order valence-corrected chi connectivity index (χ4v) is 1.64. The van der Waals surface area contributed by atoms with Crippen molar-refractivity contribution in [3.8, 4) is 0 Å². The minimum atomic E-state index is -0.895. The van der Waals surface area contributed by atoms with Gasteiger partial charge in [0.05, 0.1) is 0 Å². The summed E-state index contributed by atoms with van der Waals surface area (Å²) in [5, 5.41) is 12.7. The van der Waals surface area contributed by atoms with E-state index in [1.54, 1.807) is 0 Å². The Kier molecular flexibility index (Phi) is 3.12. The van der Waals surface area contributed by atoms with Crippen LogP contribution in [-0.2, 0) is 0 Å². The van der Waals surface area contributed by atoms with Crippen LogP contribution in [0.5, 0.6) is 0 Å². The van der Waals surface area contributed by atoms with Crippen molar-refractivity contribution in [2.75, 3.05) is 13.1 Å². The van der Waals surface area contributed by atoms with Crippen molar-refractivity contribution in [1.82, 2.24) is 15.0 Å². The first kappa shape index (κ1) is 11.6. The molecule has 0 unspecified atom stereocenters. The number of amides is 1. The highest BCUT2D eigenvalue weighted by molar-refractivity contribution is 5.68. The first-order valence-corrected chi connectivity index (χ1v) is 5.59. The molecule has 2 rings (SSSR count). The van der Waals surface area contributed by atoms with Gasteiger partial charge in [0.1, 0.15) is 0 Å². The van der Waals surface area contributed by atoms with E-state index in [4.69, 9.17) is 9.63 Å². The molecule has 0 fully saturated rings. The highest BCUT2D eigenvalue weighted by atomic mass is 16.5. The number of aromatic nitrogens is 2. The van der Waals surface area contributed by atoms with Gasteiger partial charge in [0.25, 0.3) is 5.89 Å². The van der Waals surface area contributed by atoms with Crippen molar-refractivity contribution in [1.29, 1.82) is 0 Å². The summed E-state index contributed by atoms with van der Waals surface area (Å²) in [7, 11) is 0. The topological polar surface area (TPSA) is 79.5 Å². The normalized spacial score (nSPS) is 16.2. The third-order valence-corrected chi connectivity index (χ3v) is 2.71. The van der Waals surface area contributed by atoms with Gasteiger partial charge in [-0.05, 0) is 6.42 Å². The molecule has 0 aliphatic carbocycles. The number of hydrogen-bond donors (Lipinski definition) is 1. The number of nitrogens with zero attached hydrogens (tertiary/aromatic N) is 3. The monoisotopic (exact) mass is 237 g/mol. The lowest BCUT2D eigenvalue weighted by Crippen LogP contribution is -2.33. The van der Waals surface area contributed by atoms with Gasteiger partial charge in [-0.3, -0.25) is 0 Å². The lowest BCUT2D eigenvalue weighted by Gasteiger charge is -2.21. The van der Waals surface area contributed by atoms with E-state index < -0.39 is 6.09 Å². The van der Waals surface area contributed by atoms with Crippen LogP contribution in [0.4, 0.5) is 4.79 Å². The molecule has 1 aliphatic heterocycles. The number of rotatable bonds is 2. The van der Waals surface area contributed by atoms with Gasteiger partial charge in [-0.1, -0.05) is 25.1 Å². The molecule has 0 saturated carbocycles. The Bertz CT molecular complexity index is 451. The van der Waals surface area contributed by atoms with E-state index in [1.807, 2.05) is 19.9 Å². The van der Waals surface area contributed by atoms with E-state index in [9.17, 15) is 4.79 Å². The molecule has 6 heteroatoms. The second-order valence-electron chi connectivity index (χ2n) is 4.32. The van der Waals surface area contributed by atoms with Crippen molar-refractivity contribution in [2.45, 2.75) is 26.2 Å². The van der Waals surface area contributed by atoms with Crippen LogP contribution in [0.1, 0.15) is 37.9 Å². The molecule has 2 heterocycles. The van der Waals surface area contributed by atoms with Crippen LogP contribution in [0.15, 0.2) is 10.6 Å². The predicted molar refractivity (Wildman–Crippen MR) is 60.6 cm³/mol. The third kappa shape index (κ3) is 2.46. The second kappa shape index (κ2) is 4.57. The molecule has 1 aliphatic rings. The fourth-order valence-electron chi connectivity index (χ4n) is 1.64. The largest absolute Gasteiger partial charge is 0.465 e. The Labute approximate surface area is 98.9 Å². The summed E-state index contributed by atoms with van der Waals surface area (Å²) in [6.07, 6.45) is 1.55. The summed E-state index contributed by atoms with van der Waals surface area (Å²) < 4.78 is 5.17. The van der Waals surface area contributed by atoms with Gasteiger partial charge in [0.15, 0.2) is 5.82 Å². The minimum Gasteiger partial charge on any atom is -0.465 e. The SMILES string of the molecule is CC(C)c1noc(C2=CCN(C(=O)O)CC2)n1. The number of carboxylic acid groups (broad SMARTS) is 1. The molecule has 0 saturated heterocycles. The molecular weight excluding hydrogens is 222 g/mol. The first-order chi connectivity index (χ1) is 8.08. The number of carbonyl (C=O) groups is 1. The molecule has 0 aromatic carbocycles. The highest BCUT2D eigenvalue weighted by Gasteiger charge is 2.20. The third-order valence-electron chi connectivity index (χ3n) is 2.71. The van der Waals surface area contributed by atoms with Crippen LogP contribution in [0.25, 0.3) is 5.57 Å². The molecular formula is C11H15N3O3. The van der Waals surface area contributed by atoms with Crippen LogP contribution < -0.4 is 0 Å². The zero-order chi connectivity index (χ0) is 12.4. The molecule has 0 bridgehead atoms. The van der Waals surface area contributed by atoms with Gasteiger partial charge in [0.2, 0.25) is 0 Å². The van der Waals surface area contributed by atoms with Crippen LogP contribution >= 0.6 is 0 Å². The van der Waals surface area contributed by atoms with Gasteiger partial charge < -0.3 is 14.5 Å². The summed E-state index contributed by atoms with van der Waals surface area (Å²) in [5.41, 5.74) is 0.932. The number of hydrogen-bond acceptors (Lipinski definition) is 4. The van der Waals surface area contributed by atoms with E-state index in [0.29, 0.717) is 31.2 Å². The average molecular weight is 237 g/mol. The van der Waals surface area contributed by atoms with Crippen molar-refractivity contribution in [3.63, 3.8) is 0 Å². The fraction of sp³-hybridized carbons (Fsp3) is 0.545. The first-order valence-electron chi connectivity index (χ1n) is 5.59. The Balaban J connectivity index is 2.11. The Morgan fingerprint density at radius 2 is 2.35 bits per heavy atom. The van der Waals surface area contributed by atoms with Crippen LogP contribution in [-0.4, -0.2) is 39.3 Å².